The van der Waals surface area contributed by atoms with Gasteiger partial charge in [0.2, 0.25) is 0 Å². The van der Waals surface area contributed by atoms with E-state index in [2.05, 4.69) is 4.98 Å². The predicted molar refractivity (Wildman–Crippen MR) is 135 cm³/mol. The number of aryl methyl sites for hydroxylation is 1. The van der Waals surface area contributed by atoms with Crippen LogP contribution in [0.1, 0.15) is 27.0 Å². The van der Waals surface area contributed by atoms with Crippen LogP contribution >= 0.6 is 11.8 Å². The van der Waals surface area contributed by atoms with E-state index in [1.807, 2.05) is 74.6 Å². The van der Waals surface area contributed by atoms with Crippen LogP contribution in [0, 0.1) is 6.92 Å². The number of carbonyl (C=O) groups excluding carboxylic acids is 1. The molecule has 0 radical (unpaired) electrons. The van der Waals surface area contributed by atoms with Gasteiger partial charge in [0, 0.05) is 24.9 Å². The summed E-state index contributed by atoms with van der Waals surface area (Å²) in [5, 5.41) is 0.632. The van der Waals surface area contributed by atoms with Crippen LogP contribution in [0.4, 0.5) is 0 Å². The smallest absolute Gasteiger partial charge is 0.257 e. The van der Waals surface area contributed by atoms with Crippen molar-refractivity contribution in [2.45, 2.75) is 24.3 Å². The number of hydrogen-bond donors (Lipinski definition) is 0. The van der Waals surface area contributed by atoms with Gasteiger partial charge in [-0.1, -0.05) is 42.1 Å². The second-order valence-corrected chi connectivity index (χ2v) is 8.98. The van der Waals surface area contributed by atoms with Gasteiger partial charge < -0.3 is 18.8 Å². The molecule has 0 aliphatic heterocycles. The molecule has 0 spiro atoms. The molecule has 0 saturated carbocycles. The van der Waals surface area contributed by atoms with Crippen LogP contribution in [0.25, 0.3) is 11.1 Å². The first-order valence-electron chi connectivity index (χ1n) is 11.0. The fraction of sp³-hybridized carbons (Fsp3) is 0.259. The maximum atomic E-state index is 13.0. The van der Waals surface area contributed by atoms with Crippen LogP contribution in [-0.2, 0) is 12.2 Å². The van der Waals surface area contributed by atoms with Crippen molar-refractivity contribution in [1.29, 1.82) is 0 Å². The number of rotatable bonds is 9. The summed E-state index contributed by atoms with van der Waals surface area (Å²) in [4.78, 5) is 19.4. The van der Waals surface area contributed by atoms with Crippen molar-refractivity contribution in [3.05, 3.63) is 82.9 Å². The Morgan fingerprint density at radius 3 is 2.56 bits per heavy atom. The number of fused-ring (bicyclic) bond motifs is 1. The molecule has 1 heterocycles. The van der Waals surface area contributed by atoms with Crippen molar-refractivity contribution >= 4 is 28.8 Å². The maximum Gasteiger partial charge on any atom is 0.257 e. The zero-order valence-corrected chi connectivity index (χ0v) is 20.6. The molecule has 0 fully saturated rings. The molecule has 0 aliphatic rings. The number of amides is 1. The fourth-order valence-electron chi connectivity index (χ4n) is 3.72. The number of aromatic nitrogens is 1. The molecule has 4 rings (SSSR count). The van der Waals surface area contributed by atoms with Crippen LogP contribution in [0.2, 0.25) is 0 Å². The maximum absolute atomic E-state index is 13.0. The van der Waals surface area contributed by atoms with Crippen LogP contribution in [0.5, 0.6) is 11.5 Å². The van der Waals surface area contributed by atoms with Gasteiger partial charge >= 0.3 is 0 Å². The van der Waals surface area contributed by atoms with E-state index in [-0.39, 0.29) is 5.91 Å². The molecule has 34 heavy (non-hydrogen) atoms. The lowest BCUT2D eigenvalue weighted by atomic mass is 10.1. The van der Waals surface area contributed by atoms with Gasteiger partial charge in [0.15, 0.2) is 17.1 Å². The second kappa shape index (κ2) is 10.7. The molecule has 0 atom stereocenters. The van der Waals surface area contributed by atoms with E-state index in [1.165, 1.54) is 11.8 Å². The van der Waals surface area contributed by atoms with E-state index in [9.17, 15) is 4.79 Å². The number of carbonyl (C=O) groups is 1. The lowest BCUT2D eigenvalue weighted by Crippen LogP contribution is -2.28. The Bertz CT molecular complexity index is 1300. The molecule has 7 heteroatoms. The Morgan fingerprint density at radius 2 is 1.79 bits per heavy atom. The molecular weight excluding hydrogens is 448 g/mol. The average molecular weight is 477 g/mol. The number of thioether (sulfide) groups is 1. The standard InChI is InChI=1S/C27H28N2O4S/c1-18-7-5-10-23-25(18)28-27(33-23)34-17-20-8-6-9-21(15-20)26(30)29(2)14-13-19-11-12-22(31-3)24(16-19)32-4/h5-12,15-16H,13-14,17H2,1-4H3. The van der Waals surface area contributed by atoms with Crippen LogP contribution < -0.4 is 9.47 Å². The quantitative estimate of drug-likeness (QED) is 0.286. The summed E-state index contributed by atoms with van der Waals surface area (Å²) in [6, 6.07) is 19.5. The number of nitrogens with zero attached hydrogens (tertiary/aromatic N) is 2. The summed E-state index contributed by atoms with van der Waals surface area (Å²) >= 11 is 1.53. The van der Waals surface area contributed by atoms with Gasteiger partial charge in [0.1, 0.15) is 5.52 Å². The molecule has 0 bridgehead atoms. The van der Waals surface area contributed by atoms with E-state index in [0.29, 0.717) is 34.6 Å². The topological polar surface area (TPSA) is 64.8 Å². The first kappa shape index (κ1) is 23.7. The Balaban J connectivity index is 1.37. The Morgan fingerprint density at radius 1 is 1.00 bits per heavy atom. The van der Waals surface area contributed by atoms with E-state index < -0.39 is 0 Å². The third-order valence-electron chi connectivity index (χ3n) is 5.67. The number of para-hydroxylation sites is 1. The van der Waals surface area contributed by atoms with Crippen molar-refractivity contribution in [2.75, 3.05) is 27.8 Å². The molecular formula is C27H28N2O4S. The second-order valence-electron chi connectivity index (χ2n) is 8.06. The Hall–Kier alpha value is -3.45. The zero-order valence-electron chi connectivity index (χ0n) is 19.8. The lowest BCUT2D eigenvalue weighted by Gasteiger charge is -2.18. The molecule has 6 nitrogen and oxygen atoms in total. The molecule has 3 aromatic carbocycles. The van der Waals surface area contributed by atoms with Gasteiger partial charge in [0.05, 0.1) is 14.2 Å². The molecule has 0 aliphatic carbocycles. The van der Waals surface area contributed by atoms with Gasteiger partial charge in [-0.05, 0) is 60.4 Å². The minimum Gasteiger partial charge on any atom is -0.493 e. The van der Waals surface area contributed by atoms with Crippen LogP contribution in [0.3, 0.4) is 0 Å². The van der Waals surface area contributed by atoms with Crippen molar-refractivity contribution in [3.8, 4) is 11.5 Å². The summed E-state index contributed by atoms with van der Waals surface area (Å²) in [6.07, 6.45) is 0.718. The summed E-state index contributed by atoms with van der Waals surface area (Å²) in [5.41, 5.74) is 5.57. The summed E-state index contributed by atoms with van der Waals surface area (Å²) in [7, 11) is 5.06. The highest BCUT2D eigenvalue weighted by Gasteiger charge is 2.14. The van der Waals surface area contributed by atoms with Gasteiger partial charge in [-0.2, -0.15) is 0 Å². The minimum atomic E-state index is -0.00943. The van der Waals surface area contributed by atoms with Gasteiger partial charge in [-0.25, -0.2) is 4.98 Å². The first-order valence-corrected chi connectivity index (χ1v) is 12.0. The Labute approximate surface area is 203 Å². The third-order valence-corrected chi connectivity index (χ3v) is 6.57. The van der Waals surface area contributed by atoms with E-state index in [4.69, 9.17) is 13.9 Å². The number of likely N-dealkylation sites (N-methyl/N-ethyl adjacent to an activating group) is 1. The van der Waals surface area contributed by atoms with Crippen molar-refractivity contribution in [3.63, 3.8) is 0 Å². The SMILES string of the molecule is COc1ccc(CCN(C)C(=O)c2cccc(CSc3nc4c(C)cccc4o3)c2)cc1OC. The molecule has 0 unspecified atom stereocenters. The minimum absolute atomic E-state index is 0.00943. The normalized spacial score (nSPS) is 10.9. The first-order chi connectivity index (χ1) is 16.5. The third kappa shape index (κ3) is 5.37. The van der Waals surface area contributed by atoms with Crippen LogP contribution in [-0.4, -0.2) is 43.6 Å². The number of ether oxygens (including phenoxy) is 2. The summed E-state index contributed by atoms with van der Waals surface area (Å²) in [5.74, 6) is 2.04. The van der Waals surface area contributed by atoms with E-state index >= 15 is 0 Å². The molecule has 0 N–H and O–H groups in total. The highest BCUT2D eigenvalue weighted by atomic mass is 32.2. The number of hydrogen-bond acceptors (Lipinski definition) is 6. The number of benzene rings is 3. The summed E-state index contributed by atoms with van der Waals surface area (Å²) in [6.45, 7) is 2.62. The van der Waals surface area contributed by atoms with E-state index in [1.54, 1.807) is 19.1 Å². The van der Waals surface area contributed by atoms with E-state index in [0.717, 1.165) is 34.2 Å². The van der Waals surface area contributed by atoms with Crippen molar-refractivity contribution in [2.24, 2.45) is 0 Å². The molecule has 4 aromatic rings. The largest absolute Gasteiger partial charge is 0.493 e. The number of methoxy groups -OCH3 is 2. The van der Waals surface area contributed by atoms with Gasteiger partial charge in [-0.3, -0.25) is 4.79 Å². The predicted octanol–water partition coefficient (Wildman–Crippen LogP) is 5.76. The summed E-state index contributed by atoms with van der Waals surface area (Å²) < 4.78 is 16.5. The molecule has 1 amide bonds. The Kier molecular flexibility index (Phi) is 7.43. The molecule has 176 valence electrons. The molecule has 0 saturated heterocycles. The highest BCUT2D eigenvalue weighted by molar-refractivity contribution is 7.98. The highest BCUT2D eigenvalue weighted by Crippen LogP contribution is 2.29. The van der Waals surface area contributed by atoms with Gasteiger partial charge in [0.25, 0.3) is 11.1 Å². The van der Waals surface area contributed by atoms with Crippen molar-refractivity contribution < 1.29 is 18.7 Å². The van der Waals surface area contributed by atoms with Crippen molar-refractivity contribution in [1.82, 2.24) is 9.88 Å². The lowest BCUT2D eigenvalue weighted by molar-refractivity contribution is 0.0796. The number of oxazole rings is 1. The zero-order chi connectivity index (χ0) is 24.1. The fourth-order valence-corrected chi connectivity index (χ4v) is 4.50. The molecule has 1 aromatic heterocycles. The average Bonchev–Trinajstić information content (AvgIpc) is 3.30. The van der Waals surface area contributed by atoms with Crippen LogP contribution in [0.15, 0.2) is 70.3 Å². The van der Waals surface area contributed by atoms with Gasteiger partial charge in [-0.15, -0.1) is 0 Å². The monoisotopic (exact) mass is 476 g/mol.